The third-order valence-corrected chi connectivity index (χ3v) is 7.36. The summed E-state index contributed by atoms with van der Waals surface area (Å²) in [4.78, 5) is 26.2. The number of rotatable bonds is 6. The van der Waals surface area contributed by atoms with E-state index in [1.807, 2.05) is 20.8 Å². The molecule has 174 valence electrons. The molecule has 1 aromatic rings. The van der Waals surface area contributed by atoms with Crippen molar-refractivity contribution in [3.63, 3.8) is 0 Å². The van der Waals surface area contributed by atoms with Crippen molar-refractivity contribution in [1.82, 2.24) is 14.5 Å². The second kappa shape index (κ2) is 11.6. The quantitative estimate of drug-likeness (QED) is 0.287. The normalized spacial score (nSPS) is 16.3. The zero-order chi connectivity index (χ0) is 23.3. The molecule has 31 heavy (non-hydrogen) atoms. The number of carbonyl (C=O) groups excluding carboxylic acids is 2. The second-order valence-corrected chi connectivity index (χ2v) is 11.6. The number of nitrogens with one attached hydrogen (secondary N) is 1. The Morgan fingerprint density at radius 1 is 1.39 bits per heavy atom. The van der Waals surface area contributed by atoms with Crippen LogP contribution in [-0.2, 0) is 27.3 Å². The van der Waals surface area contributed by atoms with Gasteiger partial charge in [0.15, 0.2) is 0 Å². The smallest absolute Gasteiger partial charge is 0.410 e. The molecule has 1 aliphatic heterocycles. The molecule has 0 bridgehead atoms. The Hall–Kier alpha value is -0.470. The minimum atomic E-state index is -2.57. The summed E-state index contributed by atoms with van der Waals surface area (Å²) in [5.74, 6) is -0.386. The van der Waals surface area contributed by atoms with Crippen LogP contribution < -0.4 is 5.32 Å². The number of ether oxygens (including phenoxy) is 1. The van der Waals surface area contributed by atoms with E-state index in [2.05, 4.69) is 43.8 Å². The Kier molecular flexibility index (Phi) is 10.0. The summed E-state index contributed by atoms with van der Waals surface area (Å²) >= 11 is 8.89. The van der Waals surface area contributed by atoms with Crippen LogP contribution in [0.2, 0.25) is 5.02 Å². The Morgan fingerprint density at radius 3 is 2.55 bits per heavy atom. The molecule has 0 spiro atoms. The Morgan fingerprint density at radius 2 is 2.00 bits per heavy atom. The van der Waals surface area contributed by atoms with Crippen molar-refractivity contribution in [1.29, 1.82) is 0 Å². The zero-order valence-corrected chi connectivity index (χ0v) is 22.8. The highest BCUT2D eigenvalue weighted by Gasteiger charge is 2.28. The minimum absolute atomic E-state index is 0.0503. The van der Waals surface area contributed by atoms with Crippen LogP contribution in [-0.4, -0.2) is 61.2 Å². The summed E-state index contributed by atoms with van der Waals surface area (Å²) in [5, 5.41) is 3.39. The van der Waals surface area contributed by atoms with Gasteiger partial charge >= 0.3 is 6.09 Å². The van der Waals surface area contributed by atoms with E-state index in [9.17, 15) is 18.4 Å². The first kappa shape index (κ1) is 26.8. The molecule has 8 nitrogen and oxygen atoms in total. The van der Waals surface area contributed by atoms with Gasteiger partial charge in [-0.3, -0.25) is 9.00 Å². The molecule has 1 unspecified atom stereocenters. The fourth-order valence-corrected chi connectivity index (χ4v) is 4.85. The molecule has 2 rings (SSSR count). The van der Waals surface area contributed by atoms with E-state index in [4.69, 9.17) is 16.3 Å². The molecular weight excluding hydrogens is 625 g/mol. The highest BCUT2D eigenvalue weighted by atomic mass is 127. The van der Waals surface area contributed by atoms with Gasteiger partial charge in [-0.25, -0.2) is 9.10 Å². The van der Waals surface area contributed by atoms with Gasteiger partial charge in [-0.05, 0) is 89.8 Å². The van der Waals surface area contributed by atoms with Crippen molar-refractivity contribution in [2.45, 2.75) is 51.8 Å². The van der Waals surface area contributed by atoms with E-state index >= 15 is 0 Å². The van der Waals surface area contributed by atoms with Gasteiger partial charge in [0.05, 0.1) is 11.6 Å². The summed E-state index contributed by atoms with van der Waals surface area (Å²) in [6.07, 6.45) is 0.787. The second-order valence-electron chi connectivity index (χ2n) is 8.18. The minimum Gasteiger partial charge on any atom is -0.760 e. The number of nitrogens with zero attached hydrogens (tertiary/aromatic N) is 2. The van der Waals surface area contributed by atoms with Gasteiger partial charge in [0.25, 0.3) is 0 Å². The molecule has 1 saturated heterocycles. The Bertz CT molecular complexity index is 847. The third kappa shape index (κ3) is 8.77. The molecule has 0 saturated carbocycles. The van der Waals surface area contributed by atoms with Crippen molar-refractivity contribution >= 4 is 73.4 Å². The number of halogens is 3. The molecule has 0 aromatic heterocycles. The number of likely N-dealkylation sites (tertiary alicyclic amines) is 1. The first-order valence-electron chi connectivity index (χ1n) is 9.60. The van der Waals surface area contributed by atoms with E-state index in [0.29, 0.717) is 35.4 Å². The van der Waals surface area contributed by atoms with Crippen molar-refractivity contribution in [3.05, 3.63) is 30.8 Å². The third-order valence-electron chi connectivity index (χ3n) is 4.48. The molecule has 1 fully saturated rings. The van der Waals surface area contributed by atoms with Crippen LogP contribution in [0.1, 0.15) is 39.2 Å². The molecule has 1 heterocycles. The van der Waals surface area contributed by atoms with Crippen LogP contribution in [0.15, 0.2) is 16.6 Å². The lowest BCUT2D eigenvalue weighted by molar-refractivity contribution is -0.122. The molecule has 1 aromatic carbocycles. The fourth-order valence-electron chi connectivity index (χ4n) is 3.00. The first-order chi connectivity index (χ1) is 14.4. The van der Waals surface area contributed by atoms with E-state index in [1.54, 1.807) is 17.0 Å². The summed E-state index contributed by atoms with van der Waals surface area (Å²) in [6.45, 7) is 6.13. The van der Waals surface area contributed by atoms with Gasteiger partial charge in [0, 0.05) is 45.0 Å². The maximum Gasteiger partial charge on any atom is 0.410 e. The molecule has 2 amide bonds. The number of benzene rings is 1. The molecule has 0 radical (unpaired) electrons. The van der Waals surface area contributed by atoms with E-state index in [0.717, 1.165) is 13.4 Å². The van der Waals surface area contributed by atoms with Crippen LogP contribution in [0, 0.1) is 3.57 Å². The van der Waals surface area contributed by atoms with Gasteiger partial charge in [-0.1, -0.05) is 11.6 Å². The lowest BCUT2D eigenvalue weighted by Crippen LogP contribution is -2.49. The summed E-state index contributed by atoms with van der Waals surface area (Å²) < 4.78 is 31.2. The van der Waals surface area contributed by atoms with Crippen LogP contribution in [0.3, 0.4) is 0 Å². The van der Waals surface area contributed by atoms with Crippen molar-refractivity contribution in [3.8, 4) is 0 Å². The predicted octanol–water partition coefficient (Wildman–Crippen LogP) is 3.82. The number of carbonyl (C=O) groups is 2. The maximum absolute atomic E-state index is 12.5. The Labute approximate surface area is 212 Å². The molecular formula is C19H25BrClIN3O5S-. The molecule has 12 heteroatoms. The van der Waals surface area contributed by atoms with E-state index in [1.165, 1.54) is 0 Å². The van der Waals surface area contributed by atoms with Crippen molar-refractivity contribution in [2.75, 3.05) is 19.6 Å². The molecule has 1 N–H and O–H groups in total. The molecule has 1 atom stereocenters. The van der Waals surface area contributed by atoms with Gasteiger partial charge in [0.1, 0.15) is 5.60 Å². The zero-order valence-electron chi connectivity index (χ0n) is 17.5. The summed E-state index contributed by atoms with van der Waals surface area (Å²) in [5.41, 5.74) is 0.177. The first-order valence-corrected chi connectivity index (χ1v) is 12.9. The standard InChI is InChI=1S/C19H26BrClIN3O5S/c1-19(2,3)30-18(27)24-6-4-13(5-7-24)23-17(26)11-25(31(28)29)10-12-8-14(20)15(21)9-16(12)22/h8-9,13H,4-7,10-11H2,1-3H3,(H,23,26)(H,28,29)/p-1. The molecule has 0 aliphatic carbocycles. The van der Waals surface area contributed by atoms with E-state index in [-0.39, 0.29) is 31.1 Å². The van der Waals surface area contributed by atoms with Crippen LogP contribution in [0.25, 0.3) is 0 Å². The topological polar surface area (TPSA) is 102 Å². The Balaban J connectivity index is 1.88. The largest absolute Gasteiger partial charge is 0.760 e. The number of piperidine rings is 1. The lowest BCUT2D eigenvalue weighted by atomic mass is 10.1. The number of hydrogen-bond donors (Lipinski definition) is 1. The molecule has 1 aliphatic rings. The lowest BCUT2D eigenvalue weighted by Gasteiger charge is -2.34. The van der Waals surface area contributed by atoms with Crippen LogP contribution in [0.5, 0.6) is 0 Å². The van der Waals surface area contributed by atoms with Gasteiger partial charge in [-0.2, -0.15) is 0 Å². The number of amides is 2. The monoisotopic (exact) mass is 648 g/mol. The van der Waals surface area contributed by atoms with Crippen molar-refractivity contribution < 1.29 is 23.1 Å². The van der Waals surface area contributed by atoms with Crippen LogP contribution in [0.4, 0.5) is 4.79 Å². The van der Waals surface area contributed by atoms with Crippen LogP contribution >= 0.6 is 50.1 Å². The average Bonchev–Trinajstić information content (AvgIpc) is 2.64. The highest BCUT2D eigenvalue weighted by Crippen LogP contribution is 2.28. The average molecular weight is 650 g/mol. The van der Waals surface area contributed by atoms with Crippen molar-refractivity contribution in [2.24, 2.45) is 0 Å². The number of hydrogen-bond acceptors (Lipinski definition) is 5. The van der Waals surface area contributed by atoms with Gasteiger partial charge in [0.2, 0.25) is 5.91 Å². The van der Waals surface area contributed by atoms with Gasteiger partial charge < -0.3 is 19.5 Å². The fraction of sp³-hybridized carbons (Fsp3) is 0.579. The highest BCUT2D eigenvalue weighted by molar-refractivity contribution is 14.1. The summed E-state index contributed by atoms with van der Waals surface area (Å²) in [7, 11) is 0. The van der Waals surface area contributed by atoms with E-state index < -0.39 is 16.9 Å². The van der Waals surface area contributed by atoms with Gasteiger partial charge in [-0.15, -0.1) is 0 Å². The maximum atomic E-state index is 12.5. The SMILES string of the molecule is CC(C)(C)OC(=O)N1CCC(NC(=O)CN(Cc2cc(Br)c(Cl)cc2I)S(=O)[O-])CC1. The predicted molar refractivity (Wildman–Crippen MR) is 130 cm³/mol. The summed E-state index contributed by atoms with van der Waals surface area (Å²) in [6, 6.07) is 3.35.